The van der Waals surface area contributed by atoms with Crippen LogP contribution in [0.15, 0.2) is 60.9 Å². The summed E-state index contributed by atoms with van der Waals surface area (Å²) in [5.74, 6) is -2.33. The summed E-state index contributed by atoms with van der Waals surface area (Å²) < 4.78 is 0. The minimum atomic E-state index is -1.11. The number of carbonyl (C=O) groups excluding carboxylic acids is 3. The molecule has 9 nitrogen and oxygen atoms in total. The van der Waals surface area contributed by atoms with Crippen molar-refractivity contribution in [2.75, 3.05) is 20.1 Å². The summed E-state index contributed by atoms with van der Waals surface area (Å²) in [5.41, 5.74) is 2.35. The molecular formula is C32H40N4O5. The van der Waals surface area contributed by atoms with Crippen molar-refractivity contribution in [2.24, 2.45) is 11.8 Å². The third-order valence-electron chi connectivity index (χ3n) is 8.03. The summed E-state index contributed by atoms with van der Waals surface area (Å²) in [6.07, 6.45) is 12.5. The van der Waals surface area contributed by atoms with Crippen LogP contribution in [0.25, 0.3) is 11.1 Å². The van der Waals surface area contributed by atoms with Gasteiger partial charge in [0.15, 0.2) is 0 Å². The van der Waals surface area contributed by atoms with Crippen LogP contribution in [0.4, 0.5) is 0 Å². The number of hydrogen-bond donors (Lipinski definition) is 2. The Hall–Kier alpha value is -4.01. The van der Waals surface area contributed by atoms with Crippen molar-refractivity contribution in [3.8, 4) is 11.1 Å². The topological polar surface area (TPSA) is 120 Å². The zero-order chi connectivity index (χ0) is 29.4. The summed E-state index contributed by atoms with van der Waals surface area (Å²) in [6, 6.07) is 9.32. The van der Waals surface area contributed by atoms with E-state index in [1.807, 2.05) is 42.5 Å². The van der Waals surface area contributed by atoms with E-state index in [2.05, 4.69) is 10.3 Å². The molecule has 218 valence electrons. The van der Waals surface area contributed by atoms with Gasteiger partial charge in [0, 0.05) is 56.0 Å². The number of hydrogen-bond acceptors (Lipinski definition) is 5. The SMILES string of the molecule is C[C@H]1/C=C\CCCCCCC(=O)N2C[C@H](CN(C)C(=O)c3cccc(-c4cccnc4)c3)C[C@H]2C(=O)NC1C(=O)O. The maximum Gasteiger partial charge on any atom is 0.326 e. The van der Waals surface area contributed by atoms with Gasteiger partial charge in [-0.15, -0.1) is 0 Å². The monoisotopic (exact) mass is 560 g/mol. The van der Waals surface area contributed by atoms with Crippen LogP contribution in [-0.2, 0) is 14.4 Å². The molecule has 3 amide bonds. The molecule has 2 aliphatic heterocycles. The van der Waals surface area contributed by atoms with Crippen LogP contribution >= 0.6 is 0 Å². The number of allylic oxidation sites excluding steroid dienone is 1. The predicted molar refractivity (Wildman–Crippen MR) is 156 cm³/mol. The van der Waals surface area contributed by atoms with E-state index in [9.17, 15) is 24.3 Å². The number of amides is 3. The smallest absolute Gasteiger partial charge is 0.326 e. The number of rotatable bonds is 5. The molecule has 41 heavy (non-hydrogen) atoms. The molecule has 1 aromatic carbocycles. The van der Waals surface area contributed by atoms with E-state index in [-0.39, 0.29) is 17.7 Å². The number of aliphatic carboxylic acids is 1. The summed E-state index contributed by atoms with van der Waals surface area (Å²) in [4.78, 5) is 59.4. The first-order chi connectivity index (χ1) is 19.7. The zero-order valence-electron chi connectivity index (χ0n) is 23.9. The highest BCUT2D eigenvalue weighted by Gasteiger charge is 2.41. The van der Waals surface area contributed by atoms with E-state index in [1.165, 1.54) is 0 Å². The van der Waals surface area contributed by atoms with Crippen LogP contribution in [-0.4, -0.2) is 75.8 Å². The van der Waals surface area contributed by atoms with Crippen LogP contribution in [0.2, 0.25) is 0 Å². The van der Waals surface area contributed by atoms with Crippen molar-refractivity contribution in [2.45, 2.75) is 64.0 Å². The zero-order valence-corrected chi connectivity index (χ0v) is 23.9. The van der Waals surface area contributed by atoms with Crippen molar-refractivity contribution in [3.05, 3.63) is 66.5 Å². The maximum absolute atomic E-state index is 13.4. The molecule has 2 aromatic rings. The molecule has 9 heteroatoms. The molecule has 0 aliphatic carbocycles. The molecule has 2 aliphatic rings. The Labute approximate surface area is 241 Å². The number of carboxylic acids is 1. The first-order valence-corrected chi connectivity index (χ1v) is 14.5. The highest BCUT2D eigenvalue weighted by Crippen LogP contribution is 2.27. The second-order valence-electron chi connectivity index (χ2n) is 11.2. The molecule has 0 radical (unpaired) electrons. The molecule has 1 fully saturated rings. The Balaban J connectivity index is 1.48. The number of aromatic nitrogens is 1. The van der Waals surface area contributed by atoms with Gasteiger partial charge in [-0.05, 0) is 55.4 Å². The van der Waals surface area contributed by atoms with Gasteiger partial charge in [0.1, 0.15) is 12.1 Å². The summed E-state index contributed by atoms with van der Waals surface area (Å²) in [5, 5.41) is 12.5. The number of carbonyl (C=O) groups is 4. The first kappa shape index (κ1) is 30.0. The van der Waals surface area contributed by atoms with Gasteiger partial charge < -0.3 is 20.2 Å². The van der Waals surface area contributed by atoms with E-state index >= 15 is 0 Å². The van der Waals surface area contributed by atoms with Crippen molar-refractivity contribution >= 4 is 23.7 Å². The number of fused-ring (bicyclic) bond motifs is 1. The van der Waals surface area contributed by atoms with Crippen molar-refractivity contribution in [1.82, 2.24) is 20.1 Å². The van der Waals surface area contributed by atoms with Crippen LogP contribution in [0, 0.1) is 11.8 Å². The highest BCUT2D eigenvalue weighted by molar-refractivity contribution is 5.95. The van der Waals surface area contributed by atoms with Crippen molar-refractivity contribution < 1.29 is 24.3 Å². The molecule has 3 heterocycles. The normalized spacial score (nSPS) is 24.9. The van der Waals surface area contributed by atoms with Crippen molar-refractivity contribution in [1.29, 1.82) is 0 Å². The quantitative estimate of drug-likeness (QED) is 0.530. The molecule has 0 saturated carbocycles. The minimum absolute atomic E-state index is 0.0984. The summed E-state index contributed by atoms with van der Waals surface area (Å²) >= 11 is 0. The van der Waals surface area contributed by atoms with E-state index in [4.69, 9.17) is 0 Å². The number of pyridine rings is 1. The molecule has 2 N–H and O–H groups in total. The van der Waals surface area contributed by atoms with E-state index in [0.29, 0.717) is 31.5 Å². The van der Waals surface area contributed by atoms with Crippen LogP contribution in [0.1, 0.15) is 62.2 Å². The standard InChI is InChI=1S/C32H40N4O5/c1-22-11-7-5-3-4-6-8-15-28(37)36-21-23(17-27(36)30(38)34-29(22)32(40)41)20-35(2)31(39)25-13-9-12-24(18-25)26-14-10-16-33-19-26/h7,9-14,16,18-19,22-23,27,29H,3-6,8,15,17,20-21H2,1-2H3,(H,34,38)(H,40,41)/b11-7-/t22-,23-,27-,29?/m0/s1. The lowest BCUT2D eigenvalue weighted by Crippen LogP contribution is -2.52. The van der Waals surface area contributed by atoms with E-state index in [0.717, 1.165) is 43.2 Å². The second-order valence-corrected chi connectivity index (χ2v) is 11.2. The fourth-order valence-electron chi connectivity index (χ4n) is 5.76. The average molecular weight is 561 g/mol. The molecule has 0 spiro atoms. The number of nitrogens with one attached hydrogen (secondary N) is 1. The molecule has 1 unspecified atom stereocenters. The van der Waals surface area contributed by atoms with E-state index < -0.39 is 29.9 Å². The lowest BCUT2D eigenvalue weighted by Gasteiger charge is -2.26. The van der Waals surface area contributed by atoms with Gasteiger partial charge in [0.25, 0.3) is 5.91 Å². The Kier molecular flexibility index (Phi) is 10.3. The Morgan fingerprint density at radius 3 is 2.63 bits per heavy atom. The Morgan fingerprint density at radius 2 is 1.88 bits per heavy atom. The average Bonchev–Trinajstić information content (AvgIpc) is 3.40. The van der Waals surface area contributed by atoms with Crippen LogP contribution < -0.4 is 5.32 Å². The van der Waals surface area contributed by atoms with Gasteiger partial charge in [0.2, 0.25) is 11.8 Å². The number of nitrogens with zero attached hydrogens (tertiary/aromatic N) is 3. The maximum atomic E-state index is 13.4. The minimum Gasteiger partial charge on any atom is -0.480 e. The molecule has 0 bridgehead atoms. The van der Waals surface area contributed by atoms with Gasteiger partial charge in [-0.25, -0.2) is 4.79 Å². The molecule has 4 rings (SSSR count). The fourth-order valence-corrected chi connectivity index (χ4v) is 5.76. The fraction of sp³-hybridized carbons (Fsp3) is 0.469. The number of benzene rings is 1. The molecule has 1 aromatic heterocycles. The van der Waals surface area contributed by atoms with E-state index in [1.54, 1.807) is 42.2 Å². The first-order valence-electron chi connectivity index (χ1n) is 14.5. The van der Waals surface area contributed by atoms with Gasteiger partial charge in [-0.2, -0.15) is 0 Å². The largest absolute Gasteiger partial charge is 0.480 e. The Morgan fingerprint density at radius 1 is 1.10 bits per heavy atom. The third kappa shape index (κ3) is 7.80. The third-order valence-corrected chi connectivity index (χ3v) is 8.03. The lowest BCUT2D eigenvalue weighted by atomic mass is 9.99. The lowest BCUT2D eigenvalue weighted by molar-refractivity contribution is -0.144. The summed E-state index contributed by atoms with van der Waals surface area (Å²) in [6.45, 7) is 2.49. The van der Waals surface area contributed by atoms with Crippen molar-refractivity contribution in [3.63, 3.8) is 0 Å². The van der Waals surface area contributed by atoms with Crippen LogP contribution in [0.5, 0.6) is 0 Å². The highest BCUT2D eigenvalue weighted by atomic mass is 16.4. The van der Waals surface area contributed by atoms with Gasteiger partial charge in [-0.1, -0.05) is 50.1 Å². The molecule has 1 saturated heterocycles. The van der Waals surface area contributed by atoms with Crippen LogP contribution in [0.3, 0.4) is 0 Å². The molecule has 4 atom stereocenters. The molecular weight excluding hydrogens is 520 g/mol. The van der Waals surface area contributed by atoms with Gasteiger partial charge in [-0.3, -0.25) is 19.4 Å². The Bertz CT molecular complexity index is 1260. The summed E-state index contributed by atoms with van der Waals surface area (Å²) in [7, 11) is 1.73. The second kappa shape index (κ2) is 14.1. The predicted octanol–water partition coefficient (Wildman–Crippen LogP) is 4.15. The van der Waals surface area contributed by atoms with Gasteiger partial charge in [0.05, 0.1) is 0 Å². The number of carboxylic acid groups (broad SMARTS) is 1. The van der Waals surface area contributed by atoms with Gasteiger partial charge >= 0.3 is 5.97 Å².